The van der Waals surface area contributed by atoms with Gasteiger partial charge in [-0.3, -0.25) is 14.9 Å². The molecule has 1 aromatic rings. The van der Waals surface area contributed by atoms with Gasteiger partial charge >= 0.3 is 0 Å². The second-order valence-electron chi connectivity index (χ2n) is 4.19. The van der Waals surface area contributed by atoms with E-state index in [9.17, 15) is 20.0 Å². The number of benzene rings is 1. The van der Waals surface area contributed by atoms with Crippen molar-refractivity contribution < 1.29 is 19.6 Å². The summed E-state index contributed by atoms with van der Waals surface area (Å²) in [6, 6.07) is 5.69. The van der Waals surface area contributed by atoms with Crippen LogP contribution in [0.5, 0.6) is 0 Å². The van der Waals surface area contributed by atoms with Crippen LogP contribution in [0, 0.1) is 16.0 Å². The van der Waals surface area contributed by atoms with Crippen LogP contribution in [0.25, 0.3) is 0 Å². The highest BCUT2D eigenvalue weighted by atomic mass is 16.6. The molecular formula is C12H13NO5. The monoisotopic (exact) mass is 251 g/mol. The van der Waals surface area contributed by atoms with Gasteiger partial charge in [0.25, 0.3) is 5.69 Å². The number of rotatable bonds is 3. The molecule has 6 nitrogen and oxygen atoms in total. The van der Waals surface area contributed by atoms with Gasteiger partial charge in [0, 0.05) is 18.6 Å². The average Bonchev–Trinajstić information content (AvgIpc) is 2.38. The molecular weight excluding hydrogens is 238 g/mol. The van der Waals surface area contributed by atoms with E-state index in [-0.39, 0.29) is 24.5 Å². The van der Waals surface area contributed by atoms with E-state index in [0.29, 0.717) is 12.2 Å². The SMILES string of the molecule is O=C1CCOC[C@@H]1[C@H](O)c1cccc([N+](=O)[O-])c1. The summed E-state index contributed by atoms with van der Waals surface area (Å²) < 4.78 is 5.16. The molecule has 0 radical (unpaired) electrons. The number of Topliss-reactive ketones (excluding diaryl/α,β-unsaturated/α-hetero) is 1. The first-order valence-corrected chi connectivity index (χ1v) is 5.62. The molecule has 0 unspecified atom stereocenters. The fourth-order valence-corrected chi connectivity index (χ4v) is 1.98. The number of aliphatic hydroxyl groups excluding tert-OH is 1. The highest BCUT2D eigenvalue weighted by Crippen LogP contribution is 2.28. The number of ketones is 1. The number of nitro benzene ring substituents is 1. The van der Waals surface area contributed by atoms with Crippen LogP contribution in [0.15, 0.2) is 24.3 Å². The van der Waals surface area contributed by atoms with Crippen molar-refractivity contribution in [1.29, 1.82) is 0 Å². The van der Waals surface area contributed by atoms with Crippen LogP contribution >= 0.6 is 0 Å². The number of nitro groups is 1. The molecule has 18 heavy (non-hydrogen) atoms. The number of aliphatic hydroxyl groups is 1. The van der Waals surface area contributed by atoms with Crippen LogP contribution in [0.2, 0.25) is 0 Å². The van der Waals surface area contributed by atoms with Gasteiger partial charge in [-0.25, -0.2) is 0 Å². The summed E-state index contributed by atoms with van der Waals surface area (Å²) in [5, 5.41) is 20.7. The third kappa shape index (κ3) is 2.55. The van der Waals surface area contributed by atoms with Gasteiger partial charge in [-0.05, 0) is 5.56 Å². The molecule has 6 heteroatoms. The zero-order valence-corrected chi connectivity index (χ0v) is 9.61. The maximum Gasteiger partial charge on any atom is 0.269 e. The average molecular weight is 251 g/mol. The van der Waals surface area contributed by atoms with E-state index in [1.54, 1.807) is 6.07 Å². The van der Waals surface area contributed by atoms with Gasteiger partial charge in [-0.2, -0.15) is 0 Å². The van der Waals surface area contributed by atoms with Crippen molar-refractivity contribution in [2.75, 3.05) is 13.2 Å². The van der Waals surface area contributed by atoms with E-state index in [0.717, 1.165) is 0 Å². The van der Waals surface area contributed by atoms with Crippen LogP contribution in [0.3, 0.4) is 0 Å². The summed E-state index contributed by atoms with van der Waals surface area (Å²) in [6.45, 7) is 0.527. The van der Waals surface area contributed by atoms with Crippen molar-refractivity contribution in [3.05, 3.63) is 39.9 Å². The largest absolute Gasteiger partial charge is 0.388 e. The Bertz CT molecular complexity index is 473. The van der Waals surface area contributed by atoms with Crippen molar-refractivity contribution in [3.8, 4) is 0 Å². The molecule has 1 heterocycles. The van der Waals surface area contributed by atoms with Crippen LogP contribution in [-0.2, 0) is 9.53 Å². The highest BCUT2D eigenvalue weighted by Gasteiger charge is 2.31. The molecule has 0 bridgehead atoms. The minimum Gasteiger partial charge on any atom is -0.388 e. The van der Waals surface area contributed by atoms with Crippen molar-refractivity contribution in [1.82, 2.24) is 0 Å². The van der Waals surface area contributed by atoms with Crippen LogP contribution in [-0.4, -0.2) is 29.0 Å². The Kier molecular flexibility index (Phi) is 3.69. The van der Waals surface area contributed by atoms with E-state index in [4.69, 9.17) is 4.74 Å². The van der Waals surface area contributed by atoms with Gasteiger partial charge in [0.1, 0.15) is 5.78 Å². The first kappa shape index (κ1) is 12.7. The summed E-state index contributed by atoms with van der Waals surface area (Å²) in [6.07, 6.45) is -0.783. The predicted molar refractivity (Wildman–Crippen MR) is 62.0 cm³/mol. The Balaban J connectivity index is 2.22. The summed E-state index contributed by atoms with van der Waals surface area (Å²) >= 11 is 0. The lowest BCUT2D eigenvalue weighted by Crippen LogP contribution is -2.32. The Morgan fingerprint density at radius 3 is 2.94 bits per heavy atom. The Morgan fingerprint density at radius 2 is 2.28 bits per heavy atom. The van der Waals surface area contributed by atoms with Gasteiger partial charge in [0.2, 0.25) is 0 Å². The van der Waals surface area contributed by atoms with Crippen molar-refractivity contribution in [2.45, 2.75) is 12.5 Å². The Morgan fingerprint density at radius 1 is 1.50 bits per heavy atom. The fraction of sp³-hybridized carbons (Fsp3) is 0.417. The van der Waals surface area contributed by atoms with E-state index in [1.807, 2.05) is 0 Å². The van der Waals surface area contributed by atoms with Crippen molar-refractivity contribution in [3.63, 3.8) is 0 Å². The minimum absolute atomic E-state index is 0.0692. The molecule has 1 aliphatic heterocycles. The fourth-order valence-electron chi connectivity index (χ4n) is 1.98. The van der Waals surface area contributed by atoms with Crippen LogP contribution in [0.4, 0.5) is 5.69 Å². The summed E-state index contributed by atoms with van der Waals surface area (Å²) in [4.78, 5) is 21.8. The predicted octanol–water partition coefficient (Wildman–Crippen LogP) is 1.23. The van der Waals surface area contributed by atoms with E-state index in [1.165, 1.54) is 18.2 Å². The van der Waals surface area contributed by atoms with E-state index in [2.05, 4.69) is 0 Å². The lowest BCUT2D eigenvalue weighted by atomic mass is 9.90. The molecule has 0 aromatic heterocycles. The maximum atomic E-state index is 11.7. The van der Waals surface area contributed by atoms with Gasteiger partial charge < -0.3 is 9.84 Å². The Hall–Kier alpha value is -1.79. The molecule has 2 atom stereocenters. The molecule has 1 aliphatic rings. The number of hydrogen-bond acceptors (Lipinski definition) is 5. The maximum absolute atomic E-state index is 11.7. The molecule has 2 rings (SSSR count). The second-order valence-corrected chi connectivity index (χ2v) is 4.19. The van der Waals surface area contributed by atoms with Crippen LogP contribution < -0.4 is 0 Å². The number of carbonyl (C=O) groups excluding carboxylic acids is 1. The molecule has 1 N–H and O–H groups in total. The van der Waals surface area contributed by atoms with Crippen molar-refractivity contribution in [2.24, 2.45) is 5.92 Å². The van der Waals surface area contributed by atoms with Crippen LogP contribution in [0.1, 0.15) is 18.1 Å². The molecule has 1 aromatic carbocycles. The first-order chi connectivity index (χ1) is 8.59. The lowest BCUT2D eigenvalue weighted by Gasteiger charge is -2.25. The smallest absolute Gasteiger partial charge is 0.269 e. The minimum atomic E-state index is -1.06. The normalized spacial score (nSPS) is 21.6. The first-order valence-electron chi connectivity index (χ1n) is 5.62. The molecule has 0 amide bonds. The topological polar surface area (TPSA) is 89.7 Å². The molecule has 96 valence electrons. The standard InChI is InChI=1S/C12H13NO5/c14-11-4-5-18-7-10(11)12(15)8-2-1-3-9(6-8)13(16)17/h1-3,6,10,12,15H,4-5,7H2/t10-,12+/m0/s1. The molecule has 0 saturated carbocycles. The zero-order valence-electron chi connectivity index (χ0n) is 9.61. The van der Waals surface area contributed by atoms with E-state index >= 15 is 0 Å². The lowest BCUT2D eigenvalue weighted by molar-refractivity contribution is -0.385. The summed E-state index contributed by atoms with van der Waals surface area (Å²) in [7, 11) is 0. The van der Waals surface area contributed by atoms with Gasteiger partial charge in [-0.15, -0.1) is 0 Å². The third-order valence-corrected chi connectivity index (χ3v) is 3.01. The molecule has 0 aliphatic carbocycles. The highest BCUT2D eigenvalue weighted by molar-refractivity contribution is 5.82. The summed E-state index contributed by atoms with van der Waals surface area (Å²) in [5.41, 5.74) is 0.267. The molecule has 1 saturated heterocycles. The summed E-state index contributed by atoms with van der Waals surface area (Å²) in [5.74, 6) is -0.707. The van der Waals surface area contributed by atoms with Gasteiger partial charge in [0.05, 0.1) is 30.2 Å². The number of non-ortho nitro benzene ring substituents is 1. The van der Waals surface area contributed by atoms with Crippen molar-refractivity contribution >= 4 is 11.5 Å². The second kappa shape index (κ2) is 5.24. The number of hydrogen-bond donors (Lipinski definition) is 1. The van der Waals surface area contributed by atoms with E-state index < -0.39 is 16.9 Å². The molecule has 1 fully saturated rings. The quantitative estimate of drug-likeness (QED) is 0.644. The molecule has 0 spiro atoms. The Labute approximate surface area is 103 Å². The number of carbonyl (C=O) groups is 1. The third-order valence-electron chi connectivity index (χ3n) is 3.01. The van der Waals surface area contributed by atoms with Gasteiger partial charge in [-0.1, -0.05) is 12.1 Å². The zero-order chi connectivity index (χ0) is 13.1. The van der Waals surface area contributed by atoms with Gasteiger partial charge in [0.15, 0.2) is 0 Å². The number of ether oxygens (including phenoxy) is 1. The number of nitrogens with zero attached hydrogens (tertiary/aromatic N) is 1.